The summed E-state index contributed by atoms with van der Waals surface area (Å²) in [6.07, 6.45) is -12.5. The summed E-state index contributed by atoms with van der Waals surface area (Å²) in [5, 5.41) is 0. The Labute approximate surface area is 83.2 Å². The van der Waals surface area contributed by atoms with Crippen LogP contribution in [0.15, 0.2) is 0 Å². The van der Waals surface area contributed by atoms with Gasteiger partial charge in [-0.15, -0.1) is 0 Å². The summed E-state index contributed by atoms with van der Waals surface area (Å²) in [5.74, 6) is 0. The van der Waals surface area contributed by atoms with Gasteiger partial charge in [0.2, 0.25) is 0 Å². The second-order valence-electron chi connectivity index (χ2n) is 2.03. The number of hydrogen-bond acceptors (Lipinski definition) is 2. The summed E-state index contributed by atoms with van der Waals surface area (Å²) in [6.45, 7) is 0. The summed E-state index contributed by atoms with van der Waals surface area (Å²) < 4.78 is 85.5. The first-order chi connectivity index (χ1) is 5.75. The molecule has 0 saturated heterocycles. The van der Waals surface area contributed by atoms with Gasteiger partial charge >= 0.3 is 16.6 Å². The Bertz CT molecular complexity index is 301. The molecular weight excluding hydrogens is 285 g/mol. The summed E-state index contributed by atoms with van der Waals surface area (Å²) in [4.78, 5) is 0. The molecule has 2 nitrogen and oxygen atoms in total. The Morgan fingerprint density at radius 3 is 1.07 bits per heavy atom. The highest BCUT2D eigenvalue weighted by Gasteiger charge is 2.78. The zero-order chi connectivity index (χ0) is 12.0. The molecule has 86 valence electrons. The molecule has 11 heteroatoms. The molecule has 0 aromatic carbocycles. The van der Waals surface area contributed by atoms with E-state index >= 15 is 0 Å². The van der Waals surface area contributed by atoms with Crippen LogP contribution in [-0.4, -0.2) is 25.0 Å². The van der Waals surface area contributed by atoms with Gasteiger partial charge in [0.05, 0.1) is 0 Å². The molecule has 0 N–H and O–H groups in total. The molecule has 0 unspecified atom stereocenters. The summed E-state index contributed by atoms with van der Waals surface area (Å²) in [7, 11) is -2.08. The van der Waals surface area contributed by atoms with Crippen LogP contribution in [0.25, 0.3) is 0 Å². The molecule has 0 aliphatic heterocycles. The average molecular weight is 285 g/mol. The van der Waals surface area contributed by atoms with E-state index in [-0.39, 0.29) is 0 Å². The first-order valence-corrected chi connectivity index (χ1v) is 5.20. The molecular formula is C3Cl2F6O2S. The Kier molecular flexibility index (Phi) is 3.33. The Morgan fingerprint density at radius 2 is 1.07 bits per heavy atom. The highest BCUT2D eigenvalue weighted by Crippen LogP contribution is 2.52. The van der Waals surface area contributed by atoms with Gasteiger partial charge < -0.3 is 0 Å². The van der Waals surface area contributed by atoms with Gasteiger partial charge in [0, 0.05) is 10.7 Å². The fraction of sp³-hybridized carbons (Fsp3) is 1.00. The van der Waals surface area contributed by atoms with E-state index < -0.39 is 25.6 Å². The average Bonchev–Trinajstić information content (AvgIpc) is 1.77. The maximum absolute atomic E-state index is 11.8. The van der Waals surface area contributed by atoms with Crippen molar-refractivity contribution in [1.29, 1.82) is 0 Å². The standard InChI is InChI=1S/C3Cl2F6O2S/c4-1(2(6,7)8,3(9,10)11)14(5,12)13. The van der Waals surface area contributed by atoms with Crippen LogP contribution in [0.3, 0.4) is 0 Å². The van der Waals surface area contributed by atoms with Crippen molar-refractivity contribution < 1.29 is 34.8 Å². The van der Waals surface area contributed by atoms with Crippen molar-refractivity contribution in [2.45, 2.75) is 16.6 Å². The number of alkyl halides is 7. The van der Waals surface area contributed by atoms with Crippen LogP contribution in [0.1, 0.15) is 0 Å². The normalized spacial score (nSPS) is 15.7. The molecule has 0 spiro atoms. The molecule has 0 heterocycles. The van der Waals surface area contributed by atoms with Crippen molar-refractivity contribution in [3.05, 3.63) is 0 Å². The van der Waals surface area contributed by atoms with Gasteiger partial charge in [0.25, 0.3) is 9.05 Å². The fourth-order valence-corrected chi connectivity index (χ4v) is 1.51. The van der Waals surface area contributed by atoms with Crippen LogP contribution in [0, 0.1) is 0 Å². The van der Waals surface area contributed by atoms with Crippen molar-refractivity contribution in [3.8, 4) is 0 Å². The molecule has 0 aromatic heterocycles. The molecule has 0 rings (SSSR count). The summed E-state index contributed by atoms with van der Waals surface area (Å²) >= 11 is 4.00. The molecule has 0 atom stereocenters. The highest BCUT2D eigenvalue weighted by molar-refractivity contribution is 8.15. The lowest BCUT2D eigenvalue weighted by atomic mass is 10.4. The predicted octanol–water partition coefficient (Wildman–Crippen LogP) is 2.61. The summed E-state index contributed by atoms with van der Waals surface area (Å²) in [6, 6.07) is 0. The van der Waals surface area contributed by atoms with Crippen LogP contribution >= 0.6 is 22.3 Å². The van der Waals surface area contributed by atoms with E-state index in [0.717, 1.165) is 0 Å². The first-order valence-electron chi connectivity index (χ1n) is 2.51. The summed E-state index contributed by atoms with van der Waals surface area (Å²) in [5.41, 5.74) is 0. The third kappa shape index (κ3) is 2.03. The zero-order valence-electron chi connectivity index (χ0n) is 5.75. The van der Waals surface area contributed by atoms with E-state index in [4.69, 9.17) is 0 Å². The second kappa shape index (κ2) is 3.31. The molecule has 0 aliphatic carbocycles. The van der Waals surface area contributed by atoms with Crippen molar-refractivity contribution in [2.24, 2.45) is 0 Å². The Balaban J connectivity index is 5.81. The lowest BCUT2D eigenvalue weighted by Gasteiger charge is -2.27. The minimum atomic E-state index is -6.26. The van der Waals surface area contributed by atoms with E-state index in [9.17, 15) is 34.8 Å². The monoisotopic (exact) mass is 284 g/mol. The van der Waals surface area contributed by atoms with Gasteiger partial charge in [-0.05, 0) is 0 Å². The predicted molar refractivity (Wildman–Crippen MR) is 35.5 cm³/mol. The van der Waals surface area contributed by atoms with E-state index in [1.165, 1.54) is 0 Å². The van der Waals surface area contributed by atoms with Gasteiger partial charge in [-0.1, -0.05) is 11.6 Å². The molecule has 0 saturated carbocycles. The SMILES string of the molecule is O=S(=O)(Cl)C(Cl)(C(F)(F)F)C(F)(F)F. The van der Waals surface area contributed by atoms with Gasteiger partial charge in [-0.2, -0.15) is 26.3 Å². The van der Waals surface area contributed by atoms with Crippen LogP contribution in [0.4, 0.5) is 26.3 Å². The van der Waals surface area contributed by atoms with Crippen LogP contribution in [-0.2, 0) is 9.05 Å². The minimum absolute atomic E-state index is 4.00. The lowest BCUT2D eigenvalue weighted by molar-refractivity contribution is -0.240. The van der Waals surface area contributed by atoms with Crippen LogP contribution in [0.5, 0.6) is 0 Å². The van der Waals surface area contributed by atoms with Crippen molar-refractivity contribution in [2.75, 3.05) is 0 Å². The number of hydrogen-bond donors (Lipinski definition) is 0. The molecule has 0 bridgehead atoms. The Morgan fingerprint density at radius 1 is 0.857 bits per heavy atom. The maximum atomic E-state index is 11.8. The van der Waals surface area contributed by atoms with E-state index in [1.807, 2.05) is 0 Å². The van der Waals surface area contributed by atoms with Crippen LogP contribution in [0.2, 0.25) is 0 Å². The van der Waals surface area contributed by atoms with E-state index in [1.54, 1.807) is 0 Å². The minimum Gasteiger partial charge on any atom is -0.210 e. The third-order valence-electron chi connectivity index (χ3n) is 1.07. The topological polar surface area (TPSA) is 34.1 Å². The van der Waals surface area contributed by atoms with Crippen LogP contribution < -0.4 is 0 Å². The van der Waals surface area contributed by atoms with Gasteiger partial charge in [0.1, 0.15) is 0 Å². The smallest absolute Gasteiger partial charge is 0.210 e. The van der Waals surface area contributed by atoms with Gasteiger partial charge in [0.15, 0.2) is 0 Å². The largest absolute Gasteiger partial charge is 0.432 e. The van der Waals surface area contributed by atoms with Gasteiger partial charge in [-0.25, -0.2) is 8.42 Å². The second-order valence-corrected chi connectivity index (χ2v) is 5.53. The maximum Gasteiger partial charge on any atom is 0.432 e. The molecule has 14 heavy (non-hydrogen) atoms. The number of rotatable bonds is 1. The zero-order valence-corrected chi connectivity index (χ0v) is 8.08. The van der Waals surface area contributed by atoms with Crippen molar-refractivity contribution in [3.63, 3.8) is 0 Å². The molecule has 0 fully saturated rings. The Hall–Kier alpha value is 0.110. The quantitative estimate of drug-likeness (QED) is 0.421. The van der Waals surface area contributed by atoms with Crippen molar-refractivity contribution >= 4 is 31.3 Å². The first kappa shape index (κ1) is 14.1. The molecule has 0 radical (unpaired) electrons. The molecule has 0 aliphatic rings. The lowest BCUT2D eigenvalue weighted by Crippen LogP contribution is -2.56. The third-order valence-corrected chi connectivity index (χ3v) is 4.17. The fourth-order valence-electron chi connectivity index (χ4n) is 0.437. The van der Waals surface area contributed by atoms with Crippen molar-refractivity contribution in [1.82, 2.24) is 0 Å². The van der Waals surface area contributed by atoms with E-state index in [0.29, 0.717) is 0 Å². The molecule has 0 aromatic rings. The van der Waals surface area contributed by atoms with E-state index in [2.05, 4.69) is 22.3 Å². The molecule has 0 amide bonds. The highest BCUT2D eigenvalue weighted by atomic mass is 35.7. The van der Waals surface area contributed by atoms with Gasteiger partial charge in [-0.3, -0.25) is 0 Å². The number of halogens is 8.